The fourth-order valence-corrected chi connectivity index (χ4v) is 5.38. The van der Waals surface area contributed by atoms with Gasteiger partial charge in [0.25, 0.3) is 0 Å². The van der Waals surface area contributed by atoms with Crippen LogP contribution in [-0.4, -0.2) is 18.0 Å². The van der Waals surface area contributed by atoms with Crippen LogP contribution >= 0.6 is 0 Å². The van der Waals surface area contributed by atoms with Crippen LogP contribution in [0.4, 0.5) is 0 Å². The number of fused-ring (bicyclic) bond motifs is 2. The minimum atomic E-state index is 0.362. The van der Waals surface area contributed by atoms with E-state index in [1.165, 1.54) is 49.9 Å². The van der Waals surface area contributed by atoms with Crippen LogP contribution in [0.25, 0.3) is 0 Å². The van der Waals surface area contributed by atoms with Crippen LogP contribution in [0.2, 0.25) is 0 Å². The minimum absolute atomic E-state index is 0.362. The van der Waals surface area contributed by atoms with Crippen molar-refractivity contribution in [2.24, 2.45) is 0 Å². The predicted octanol–water partition coefficient (Wildman–Crippen LogP) is 5.76. The number of piperidine rings is 1. The molecule has 0 amide bonds. The van der Waals surface area contributed by atoms with E-state index in [1.807, 2.05) is 0 Å². The zero-order valence-corrected chi connectivity index (χ0v) is 15.9. The molecule has 3 aromatic carbocycles. The lowest BCUT2D eigenvalue weighted by Crippen LogP contribution is -2.43. The third kappa shape index (κ3) is 3.00. The number of nitrogens with zero attached hydrogens (tertiary/aromatic N) is 1. The Morgan fingerprint density at radius 3 is 1.81 bits per heavy atom. The van der Waals surface area contributed by atoms with Crippen molar-refractivity contribution in [1.29, 1.82) is 0 Å². The molecule has 1 fully saturated rings. The Balaban J connectivity index is 1.43. The summed E-state index contributed by atoms with van der Waals surface area (Å²) in [6.45, 7) is 2.34. The molecule has 0 radical (unpaired) electrons. The highest BCUT2D eigenvalue weighted by molar-refractivity contribution is 5.40. The highest BCUT2D eigenvalue weighted by Crippen LogP contribution is 2.47. The molecule has 5 rings (SSSR count). The summed E-state index contributed by atoms with van der Waals surface area (Å²) < 4.78 is 0. The molecule has 1 aliphatic carbocycles. The molecule has 1 saturated heterocycles. The Hall–Kier alpha value is -2.38. The van der Waals surface area contributed by atoms with Gasteiger partial charge in [-0.15, -0.1) is 0 Å². The van der Waals surface area contributed by atoms with E-state index >= 15 is 0 Å². The Kier molecular flexibility index (Phi) is 4.33. The van der Waals surface area contributed by atoms with Crippen molar-refractivity contribution in [3.05, 3.63) is 107 Å². The minimum Gasteiger partial charge on any atom is -0.292 e. The Morgan fingerprint density at radius 2 is 1.19 bits per heavy atom. The first-order chi connectivity index (χ1) is 13.4. The van der Waals surface area contributed by atoms with Crippen molar-refractivity contribution < 1.29 is 0 Å². The van der Waals surface area contributed by atoms with Gasteiger partial charge in [0.2, 0.25) is 0 Å². The van der Waals surface area contributed by atoms with Crippen molar-refractivity contribution in [2.45, 2.75) is 37.1 Å². The molecule has 0 aromatic heterocycles. The third-order valence-corrected chi connectivity index (χ3v) is 6.81. The number of aryl methyl sites for hydroxylation is 1. The average molecular weight is 354 g/mol. The van der Waals surface area contributed by atoms with Crippen molar-refractivity contribution in [3.63, 3.8) is 0 Å². The van der Waals surface area contributed by atoms with E-state index in [4.69, 9.17) is 0 Å². The topological polar surface area (TPSA) is 3.24 Å². The Morgan fingerprint density at radius 1 is 0.630 bits per heavy atom. The standard InChI is InChI=1S/C26H27N/c1-3-10-22(11-4-1)25(23-12-5-2-6-13-23)27-19-17-26(18-20-27)16-15-21-9-7-8-14-24(21)26/h1-14,25H,15-20H2. The van der Waals surface area contributed by atoms with Gasteiger partial charge < -0.3 is 0 Å². The fourth-order valence-electron chi connectivity index (χ4n) is 5.38. The second-order valence-electron chi connectivity index (χ2n) is 8.20. The van der Waals surface area contributed by atoms with Gasteiger partial charge in [-0.3, -0.25) is 4.90 Å². The number of rotatable bonds is 3. The lowest BCUT2D eigenvalue weighted by molar-refractivity contribution is 0.130. The van der Waals surface area contributed by atoms with Gasteiger partial charge in [-0.2, -0.15) is 0 Å². The quantitative estimate of drug-likeness (QED) is 0.579. The zero-order chi connectivity index (χ0) is 18.1. The maximum Gasteiger partial charge on any atom is 0.0601 e. The van der Waals surface area contributed by atoms with E-state index in [0.29, 0.717) is 11.5 Å². The van der Waals surface area contributed by atoms with Crippen LogP contribution < -0.4 is 0 Å². The highest BCUT2D eigenvalue weighted by Gasteiger charge is 2.42. The molecule has 1 spiro atoms. The number of benzene rings is 3. The van der Waals surface area contributed by atoms with Gasteiger partial charge in [-0.25, -0.2) is 0 Å². The summed E-state index contributed by atoms with van der Waals surface area (Å²) in [7, 11) is 0. The molecule has 0 atom stereocenters. The summed E-state index contributed by atoms with van der Waals surface area (Å²) >= 11 is 0. The zero-order valence-electron chi connectivity index (χ0n) is 15.9. The van der Waals surface area contributed by atoms with Crippen LogP contribution in [0.5, 0.6) is 0 Å². The molecule has 2 aliphatic rings. The molecular weight excluding hydrogens is 326 g/mol. The molecule has 1 heterocycles. The normalized spacial score (nSPS) is 18.7. The van der Waals surface area contributed by atoms with Gasteiger partial charge in [0, 0.05) is 0 Å². The Bertz CT molecular complexity index is 852. The summed E-state index contributed by atoms with van der Waals surface area (Å²) in [5, 5.41) is 0. The van der Waals surface area contributed by atoms with Crippen LogP contribution in [0, 0.1) is 0 Å². The average Bonchev–Trinajstić information content (AvgIpc) is 3.10. The summed E-state index contributed by atoms with van der Waals surface area (Å²) in [5.74, 6) is 0. The monoisotopic (exact) mass is 353 g/mol. The van der Waals surface area contributed by atoms with Crippen LogP contribution in [0.1, 0.15) is 47.6 Å². The first-order valence-electron chi connectivity index (χ1n) is 10.3. The van der Waals surface area contributed by atoms with Crippen LogP contribution in [0.15, 0.2) is 84.9 Å². The first kappa shape index (κ1) is 16.8. The molecule has 0 unspecified atom stereocenters. The van der Waals surface area contributed by atoms with Gasteiger partial charge in [0.15, 0.2) is 0 Å². The summed E-state index contributed by atoms with van der Waals surface area (Å²) in [5.41, 5.74) is 6.47. The summed E-state index contributed by atoms with van der Waals surface area (Å²) in [6, 6.07) is 31.6. The summed E-state index contributed by atoms with van der Waals surface area (Å²) in [4.78, 5) is 2.71. The number of hydrogen-bond acceptors (Lipinski definition) is 1. The van der Waals surface area contributed by atoms with Gasteiger partial charge in [-0.05, 0) is 66.4 Å². The van der Waals surface area contributed by atoms with Crippen molar-refractivity contribution in [2.75, 3.05) is 13.1 Å². The first-order valence-corrected chi connectivity index (χ1v) is 10.3. The molecule has 27 heavy (non-hydrogen) atoms. The van der Waals surface area contributed by atoms with E-state index in [9.17, 15) is 0 Å². The smallest absolute Gasteiger partial charge is 0.0601 e. The second kappa shape index (κ2) is 6.98. The molecular formula is C26H27N. The largest absolute Gasteiger partial charge is 0.292 e. The Labute approximate surface area is 162 Å². The molecule has 1 nitrogen and oxygen atoms in total. The van der Waals surface area contributed by atoms with Crippen molar-refractivity contribution in [1.82, 2.24) is 4.90 Å². The predicted molar refractivity (Wildman–Crippen MR) is 112 cm³/mol. The van der Waals surface area contributed by atoms with Gasteiger partial charge in [0.1, 0.15) is 0 Å². The number of likely N-dealkylation sites (tertiary alicyclic amines) is 1. The van der Waals surface area contributed by atoms with Crippen LogP contribution in [-0.2, 0) is 11.8 Å². The van der Waals surface area contributed by atoms with Crippen molar-refractivity contribution in [3.8, 4) is 0 Å². The molecule has 0 bridgehead atoms. The molecule has 1 heteroatoms. The van der Waals surface area contributed by atoms with Crippen molar-refractivity contribution >= 4 is 0 Å². The van der Waals surface area contributed by atoms with Gasteiger partial charge in [-0.1, -0.05) is 84.9 Å². The number of hydrogen-bond donors (Lipinski definition) is 0. The maximum atomic E-state index is 2.71. The maximum absolute atomic E-state index is 2.71. The fraction of sp³-hybridized carbons (Fsp3) is 0.308. The molecule has 1 aliphatic heterocycles. The lowest BCUT2D eigenvalue weighted by Gasteiger charge is -2.43. The van der Waals surface area contributed by atoms with Crippen LogP contribution in [0.3, 0.4) is 0 Å². The van der Waals surface area contributed by atoms with E-state index in [0.717, 1.165) is 0 Å². The third-order valence-electron chi connectivity index (χ3n) is 6.81. The second-order valence-corrected chi connectivity index (χ2v) is 8.20. The molecule has 3 aromatic rings. The van der Waals surface area contributed by atoms with E-state index in [-0.39, 0.29) is 0 Å². The SMILES string of the molecule is c1ccc(C(c2ccccc2)N2CCC3(CCc4ccccc43)CC2)cc1. The van der Waals surface area contributed by atoms with Gasteiger partial charge in [0.05, 0.1) is 6.04 Å². The summed E-state index contributed by atoms with van der Waals surface area (Å²) in [6.07, 6.45) is 5.15. The molecule has 0 N–H and O–H groups in total. The van der Waals surface area contributed by atoms with E-state index in [1.54, 1.807) is 11.1 Å². The van der Waals surface area contributed by atoms with Gasteiger partial charge >= 0.3 is 0 Å². The van der Waals surface area contributed by atoms with E-state index < -0.39 is 0 Å². The molecule has 136 valence electrons. The highest BCUT2D eigenvalue weighted by atomic mass is 15.2. The lowest BCUT2D eigenvalue weighted by atomic mass is 9.73. The molecule has 0 saturated carbocycles. The van der Waals surface area contributed by atoms with E-state index in [2.05, 4.69) is 89.8 Å².